The number of nitrogens with zero attached hydrogens (tertiary/aromatic N) is 2. The molecular formula is C17H15N3. The Hall–Kier alpha value is -2.68. The summed E-state index contributed by atoms with van der Waals surface area (Å²) in [7, 11) is 1.85. The van der Waals surface area contributed by atoms with Crippen molar-refractivity contribution in [2.45, 2.75) is 0 Å². The van der Waals surface area contributed by atoms with Gasteiger partial charge in [-0.25, -0.2) is 9.97 Å². The van der Waals surface area contributed by atoms with E-state index in [-0.39, 0.29) is 0 Å². The molecule has 0 atom stereocenters. The SMILES string of the molecule is CNc1cc(-c2ccc(-c3ccccc3)cc2)ncn1. The van der Waals surface area contributed by atoms with E-state index in [4.69, 9.17) is 0 Å². The van der Waals surface area contributed by atoms with E-state index in [2.05, 4.69) is 51.7 Å². The van der Waals surface area contributed by atoms with E-state index in [1.165, 1.54) is 11.1 Å². The van der Waals surface area contributed by atoms with Crippen LogP contribution in [0.4, 0.5) is 5.82 Å². The van der Waals surface area contributed by atoms with E-state index in [1.807, 2.05) is 31.3 Å². The summed E-state index contributed by atoms with van der Waals surface area (Å²) >= 11 is 0. The first kappa shape index (κ1) is 12.4. The van der Waals surface area contributed by atoms with Crippen molar-refractivity contribution in [1.29, 1.82) is 0 Å². The molecule has 1 N–H and O–H groups in total. The molecule has 3 rings (SSSR count). The molecule has 0 spiro atoms. The van der Waals surface area contributed by atoms with Crippen molar-refractivity contribution in [2.24, 2.45) is 0 Å². The Morgan fingerprint density at radius 2 is 1.40 bits per heavy atom. The van der Waals surface area contributed by atoms with Gasteiger partial charge in [-0.3, -0.25) is 0 Å². The van der Waals surface area contributed by atoms with Crippen molar-refractivity contribution in [2.75, 3.05) is 12.4 Å². The normalized spacial score (nSPS) is 10.2. The minimum atomic E-state index is 0.821. The molecule has 0 saturated carbocycles. The van der Waals surface area contributed by atoms with Gasteiger partial charge >= 0.3 is 0 Å². The zero-order chi connectivity index (χ0) is 13.8. The molecule has 0 radical (unpaired) electrons. The lowest BCUT2D eigenvalue weighted by molar-refractivity contribution is 1.16. The Bertz CT molecular complexity index is 691. The van der Waals surface area contributed by atoms with Crippen molar-refractivity contribution in [3.63, 3.8) is 0 Å². The monoisotopic (exact) mass is 261 g/mol. The Labute approximate surface area is 118 Å². The molecule has 0 fully saturated rings. The van der Waals surface area contributed by atoms with Crippen LogP contribution in [-0.2, 0) is 0 Å². The third-order valence-electron chi connectivity index (χ3n) is 3.21. The maximum Gasteiger partial charge on any atom is 0.129 e. The second-order valence-electron chi connectivity index (χ2n) is 4.48. The van der Waals surface area contributed by atoms with Crippen LogP contribution in [0.2, 0.25) is 0 Å². The topological polar surface area (TPSA) is 37.8 Å². The molecule has 98 valence electrons. The van der Waals surface area contributed by atoms with E-state index >= 15 is 0 Å². The fraction of sp³-hybridized carbons (Fsp3) is 0.0588. The van der Waals surface area contributed by atoms with Crippen LogP contribution < -0.4 is 5.32 Å². The molecule has 2 aromatic carbocycles. The Morgan fingerprint density at radius 3 is 2.10 bits per heavy atom. The first-order chi connectivity index (χ1) is 9.86. The van der Waals surface area contributed by atoms with Crippen LogP contribution >= 0.6 is 0 Å². The van der Waals surface area contributed by atoms with Crippen molar-refractivity contribution < 1.29 is 0 Å². The summed E-state index contributed by atoms with van der Waals surface area (Å²) in [4.78, 5) is 8.44. The van der Waals surface area contributed by atoms with Crippen LogP contribution in [0.25, 0.3) is 22.4 Å². The molecule has 1 aromatic heterocycles. The summed E-state index contributed by atoms with van der Waals surface area (Å²) in [6.07, 6.45) is 1.58. The van der Waals surface area contributed by atoms with Gasteiger partial charge in [0.2, 0.25) is 0 Å². The molecule has 0 amide bonds. The fourth-order valence-electron chi connectivity index (χ4n) is 2.12. The Kier molecular flexibility index (Phi) is 3.42. The molecule has 3 nitrogen and oxygen atoms in total. The zero-order valence-corrected chi connectivity index (χ0v) is 11.2. The largest absolute Gasteiger partial charge is 0.373 e. The van der Waals surface area contributed by atoms with Crippen molar-refractivity contribution in [3.8, 4) is 22.4 Å². The molecule has 0 aliphatic heterocycles. The molecule has 3 aromatic rings. The summed E-state index contributed by atoms with van der Waals surface area (Å²) in [6.45, 7) is 0. The molecule has 0 bridgehead atoms. The quantitative estimate of drug-likeness (QED) is 0.778. The van der Waals surface area contributed by atoms with Gasteiger partial charge in [0.1, 0.15) is 12.1 Å². The summed E-state index contributed by atoms with van der Waals surface area (Å²) in [6, 6.07) is 20.7. The van der Waals surface area contributed by atoms with Gasteiger partial charge in [-0.1, -0.05) is 54.6 Å². The van der Waals surface area contributed by atoms with Crippen LogP contribution in [0.5, 0.6) is 0 Å². The third-order valence-corrected chi connectivity index (χ3v) is 3.21. The first-order valence-corrected chi connectivity index (χ1v) is 6.52. The number of benzene rings is 2. The molecule has 20 heavy (non-hydrogen) atoms. The maximum atomic E-state index is 4.31. The van der Waals surface area contributed by atoms with Crippen LogP contribution in [0, 0.1) is 0 Å². The lowest BCUT2D eigenvalue weighted by Gasteiger charge is -2.05. The molecular weight excluding hydrogens is 246 g/mol. The lowest BCUT2D eigenvalue weighted by atomic mass is 10.0. The van der Waals surface area contributed by atoms with Crippen LogP contribution in [-0.4, -0.2) is 17.0 Å². The number of anilines is 1. The van der Waals surface area contributed by atoms with Gasteiger partial charge in [0.25, 0.3) is 0 Å². The van der Waals surface area contributed by atoms with E-state index < -0.39 is 0 Å². The van der Waals surface area contributed by atoms with Crippen molar-refractivity contribution in [1.82, 2.24) is 9.97 Å². The predicted molar refractivity (Wildman–Crippen MR) is 82.5 cm³/mol. The van der Waals surface area contributed by atoms with Crippen molar-refractivity contribution >= 4 is 5.82 Å². The molecule has 0 aliphatic carbocycles. The smallest absolute Gasteiger partial charge is 0.129 e. The minimum Gasteiger partial charge on any atom is -0.373 e. The molecule has 3 heteroatoms. The average Bonchev–Trinajstić information content (AvgIpc) is 2.56. The maximum absolute atomic E-state index is 4.31. The number of rotatable bonds is 3. The van der Waals surface area contributed by atoms with Gasteiger partial charge in [0, 0.05) is 18.7 Å². The second-order valence-corrected chi connectivity index (χ2v) is 4.48. The summed E-state index contributed by atoms with van der Waals surface area (Å²) in [5.41, 5.74) is 4.43. The number of hydrogen-bond donors (Lipinski definition) is 1. The highest BCUT2D eigenvalue weighted by molar-refractivity contribution is 5.69. The van der Waals surface area contributed by atoms with Crippen LogP contribution in [0.1, 0.15) is 0 Å². The van der Waals surface area contributed by atoms with E-state index in [0.717, 1.165) is 17.1 Å². The summed E-state index contributed by atoms with van der Waals surface area (Å²) < 4.78 is 0. The van der Waals surface area contributed by atoms with E-state index in [1.54, 1.807) is 6.33 Å². The zero-order valence-electron chi connectivity index (χ0n) is 11.2. The summed E-state index contributed by atoms with van der Waals surface area (Å²) in [5.74, 6) is 0.821. The summed E-state index contributed by atoms with van der Waals surface area (Å²) in [5, 5.41) is 3.02. The van der Waals surface area contributed by atoms with Gasteiger partial charge in [-0.2, -0.15) is 0 Å². The van der Waals surface area contributed by atoms with Gasteiger partial charge in [-0.05, 0) is 11.1 Å². The predicted octanol–water partition coefficient (Wildman–Crippen LogP) is 3.85. The average molecular weight is 261 g/mol. The Balaban J connectivity index is 1.93. The number of hydrogen-bond acceptors (Lipinski definition) is 3. The van der Waals surface area contributed by atoms with Crippen molar-refractivity contribution in [3.05, 3.63) is 67.0 Å². The minimum absolute atomic E-state index is 0.821. The second kappa shape index (κ2) is 5.53. The third kappa shape index (κ3) is 2.52. The first-order valence-electron chi connectivity index (χ1n) is 6.52. The molecule has 0 unspecified atom stereocenters. The van der Waals surface area contributed by atoms with Gasteiger partial charge in [0.15, 0.2) is 0 Å². The number of nitrogens with one attached hydrogen (secondary N) is 1. The highest BCUT2D eigenvalue weighted by atomic mass is 15.0. The lowest BCUT2D eigenvalue weighted by Crippen LogP contribution is -1.94. The van der Waals surface area contributed by atoms with E-state index in [9.17, 15) is 0 Å². The highest BCUT2D eigenvalue weighted by Crippen LogP contribution is 2.24. The fourth-order valence-corrected chi connectivity index (χ4v) is 2.12. The molecule has 0 aliphatic rings. The van der Waals surface area contributed by atoms with Crippen LogP contribution in [0.15, 0.2) is 67.0 Å². The van der Waals surface area contributed by atoms with Gasteiger partial charge < -0.3 is 5.32 Å². The molecule has 1 heterocycles. The van der Waals surface area contributed by atoms with Crippen LogP contribution in [0.3, 0.4) is 0 Å². The number of aromatic nitrogens is 2. The Morgan fingerprint density at radius 1 is 0.750 bits per heavy atom. The van der Waals surface area contributed by atoms with Gasteiger partial charge in [-0.15, -0.1) is 0 Å². The van der Waals surface area contributed by atoms with Gasteiger partial charge in [0.05, 0.1) is 5.69 Å². The highest BCUT2D eigenvalue weighted by Gasteiger charge is 2.02. The standard InChI is InChI=1S/C17H15N3/c1-18-17-11-16(19-12-20-17)15-9-7-14(8-10-15)13-5-3-2-4-6-13/h2-12H,1H3,(H,18,19,20). The molecule has 0 saturated heterocycles. The van der Waals surface area contributed by atoms with E-state index in [0.29, 0.717) is 0 Å².